The Balaban J connectivity index is 3.07. The first-order valence-corrected chi connectivity index (χ1v) is 8.26. The smallest absolute Gasteiger partial charge is 0.254 e. The van der Waals surface area contributed by atoms with Crippen LogP contribution >= 0.6 is 11.6 Å². The van der Waals surface area contributed by atoms with Crippen molar-refractivity contribution in [3.8, 4) is 0 Å². The third-order valence-electron chi connectivity index (χ3n) is 3.79. The van der Waals surface area contributed by atoms with Crippen LogP contribution in [0.3, 0.4) is 0 Å². The van der Waals surface area contributed by atoms with Crippen LogP contribution in [0.1, 0.15) is 75.9 Å². The summed E-state index contributed by atoms with van der Waals surface area (Å²) in [5.74, 6) is 0.312. The van der Waals surface area contributed by atoms with Crippen molar-refractivity contribution in [2.24, 2.45) is 0 Å². The predicted octanol–water partition coefficient (Wildman–Crippen LogP) is 4.90. The Labute approximate surface area is 133 Å². The van der Waals surface area contributed by atoms with E-state index in [0.717, 1.165) is 31.5 Å². The second-order valence-corrected chi connectivity index (χ2v) is 6.25. The number of rotatable bonds is 7. The van der Waals surface area contributed by atoms with Crippen LogP contribution in [0.2, 0.25) is 5.15 Å². The maximum atomic E-state index is 12.8. The molecule has 0 bridgehead atoms. The van der Waals surface area contributed by atoms with Gasteiger partial charge in [-0.25, -0.2) is 4.98 Å². The lowest BCUT2D eigenvalue weighted by Crippen LogP contribution is -2.39. The number of unbranched alkanes of at least 4 members (excludes halogenated alkanes) is 1. The number of hydrogen-bond acceptors (Lipinski definition) is 2. The van der Waals surface area contributed by atoms with E-state index in [0.29, 0.717) is 10.7 Å². The predicted molar refractivity (Wildman–Crippen MR) is 89.0 cm³/mol. The van der Waals surface area contributed by atoms with Gasteiger partial charge in [-0.05, 0) is 37.8 Å². The van der Waals surface area contributed by atoms with E-state index < -0.39 is 0 Å². The molecule has 0 aromatic carbocycles. The highest BCUT2D eigenvalue weighted by atomic mass is 35.5. The molecule has 0 radical (unpaired) electrons. The zero-order chi connectivity index (χ0) is 16.0. The molecule has 21 heavy (non-hydrogen) atoms. The molecule has 3 nitrogen and oxygen atoms in total. The average molecular weight is 311 g/mol. The second-order valence-electron chi connectivity index (χ2n) is 5.87. The van der Waals surface area contributed by atoms with Crippen molar-refractivity contribution in [3.05, 3.63) is 28.5 Å². The SMILES string of the molecule is CCCCN(C(=O)c1cc(Cl)nc(C(C)C)c1)C(C)CC. The molecule has 0 fully saturated rings. The van der Waals surface area contributed by atoms with Crippen molar-refractivity contribution in [2.45, 2.75) is 65.8 Å². The third kappa shape index (κ3) is 4.99. The molecule has 1 unspecified atom stereocenters. The average Bonchev–Trinajstić information content (AvgIpc) is 2.46. The Morgan fingerprint density at radius 2 is 1.95 bits per heavy atom. The van der Waals surface area contributed by atoms with E-state index in [1.54, 1.807) is 6.07 Å². The first-order valence-electron chi connectivity index (χ1n) is 7.89. The normalized spacial score (nSPS) is 12.5. The molecule has 0 aliphatic rings. The standard InChI is InChI=1S/C17H27ClN2O/c1-6-8-9-20(13(5)7-2)17(21)14-10-15(12(3)4)19-16(18)11-14/h10-13H,6-9H2,1-5H3. The molecule has 1 rings (SSSR count). The molecule has 1 amide bonds. The van der Waals surface area contributed by atoms with E-state index >= 15 is 0 Å². The fourth-order valence-corrected chi connectivity index (χ4v) is 2.39. The van der Waals surface area contributed by atoms with Gasteiger partial charge in [-0.1, -0.05) is 45.7 Å². The minimum Gasteiger partial charge on any atom is -0.336 e. The van der Waals surface area contributed by atoms with Gasteiger partial charge in [-0.15, -0.1) is 0 Å². The summed E-state index contributed by atoms with van der Waals surface area (Å²) in [5, 5.41) is 0.393. The van der Waals surface area contributed by atoms with Crippen molar-refractivity contribution >= 4 is 17.5 Å². The van der Waals surface area contributed by atoms with Crippen molar-refractivity contribution in [2.75, 3.05) is 6.54 Å². The van der Waals surface area contributed by atoms with Gasteiger partial charge >= 0.3 is 0 Å². The monoisotopic (exact) mass is 310 g/mol. The Bertz CT molecular complexity index is 474. The van der Waals surface area contributed by atoms with Crippen molar-refractivity contribution < 1.29 is 4.79 Å². The largest absolute Gasteiger partial charge is 0.336 e. The van der Waals surface area contributed by atoms with Gasteiger partial charge in [0, 0.05) is 23.8 Å². The van der Waals surface area contributed by atoms with Gasteiger partial charge in [0.2, 0.25) is 0 Å². The fourth-order valence-electron chi connectivity index (χ4n) is 2.17. The molecular formula is C17H27ClN2O. The van der Waals surface area contributed by atoms with Gasteiger partial charge < -0.3 is 4.90 Å². The fraction of sp³-hybridized carbons (Fsp3) is 0.647. The Morgan fingerprint density at radius 1 is 1.29 bits per heavy atom. The van der Waals surface area contributed by atoms with Gasteiger partial charge in [0.1, 0.15) is 5.15 Å². The molecule has 0 aliphatic carbocycles. The highest BCUT2D eigenvalue weighted by Gasteiger charge is 2.21. The molecule has 1 heterocycles. The number of halogens is 1. The van der Waals surface area contributed by atoms with Crippen LogP contribution in [0.15, 0.2) is 12.1 Å². The van der Waals surface area contributed by atoms with Crippen LogP contribution in [-0.4, -0.2) is 28.4 Å². The summed E-state index contributed by atoms with van der Waals surface area (Å²) in [4.78, 5) is 19.1. The second kappa shape index (κ2) is 8.38. The number of carbonyl (C=O) groups is 1. The van der Waals surface area contributed by atoms with Gasteiger partial charge in [0.25, 0.3) is 5.91 Å². The van der Waals surface area contributed by atoms with Gasteiger partial charge in [-0.3, -0.25) is 4.79 Å². The molecule has 0 saturated carbocycles. The summed E-state index contributed by atoms with van der Waals surface area (Å²) >= 11 is 6.08. The summed E-state index contributed by atoms with van der Waals surface area (Å²) in [5.41, 5.74) is 1.51. The molecule has 0 aliphatic heterocycles. The summed E-state index contributed by atoms with van der Waals surface area (Å²) in [7, 11) is 0. The molecule has 0 N–H and O–H groups in total. The first-order chi connectivity index (χ1) is 9.90. The van der Waals surface area contributed by atoms with Crippen molar-refractivity contribution in [1.82, 2.24) is 9.88 Å². The summed E-state index contributed by atoms with van der Waals surface area (Å²) in [6.45, 7) is 11.2. The lowest BCUT2D eigenvalue weighted by molar-refractivity contribution is 0.0685. The maximum absolute atomic E-state index is 12.8. The molecule has 1 atom stereocenters. The Morgan fingerprint density at radius 3 is 2.48 bits per heavy atom. The van der Waals surface area contributed by atoms with Crippen molar-refractivity contribution in [3.63, 3.8) is 0 Å². The van der Waals surface area contributed by atoms with E-state index in [-0.39, 0.29) is 17.9 Å². The topological polar surface area (TPSA) is 33.2 Å². The van der Waals surface area contributed by atoms with E-state index in [1.807, 2.05) is 11.0 Å². The Kier molecular flexibility index (Phi) is 7.16. The molecule has 4 heteroatoms. The number of carbonyl (C=O) groups excluding carboxylic acids is 1. The summed E-state index contributed by atoms with van der Waals surface area (Å²) in [6.07, 6.45) is 3.05. The third-order valence-corrected chi connectivity index (χ3v) is 3.98. The number of pyridine rings is 1. The number of hydrogen-bond donors (Lipinski definition) is 0. The quantitative estimate of drug-likeness (QED) is 0.671. The maximum Gasteiger partial charge on any atom is 0.254 e. The lowest BCUT2D eigenvalue weighted by Gasteiger charge is -2.29. The highest BCUT2D eigenvalue weighted by Crippen LogP contribution is 2.20. The minimum atomic E-state index is 0.0593. The van der Waals surface area contributed by atoms with E-state index in [9.17, 15) is 4.79 Å². The van der Waals surface area contributed by atoms with E-state index in [1.165, 1.54) is 0 Å². The summed E-state index contributed by atoms with van der Waals surface area (Å²) < 4.78 is 0. The molecule has 118 valence electrons. The van der Waals surface area contributed by atoms with Crippen LogP contribution in [-0.2, 0) is 0 Å². The highest BCUT2D eigenvalue weighted by molar-refractivity contribution is 6.29. The van der Waals surface area contributed by atoms with Crippen LogP contribution in [0.5, 0.6) is 0 Å². The van der Waals surface area contributed by atoms with Crippen LogP contribution in [0.25, 0.3) is 0 Å². The number of nitrogens with zero attached hydrogens (tertiary/aromatic N) is 2. The minimum absolute atomic E-state index is 0.0593. The van der Waals surface area contributed by atoms with E-state index in [4.69, 9.17) is 11.6 Å². The zero-order valence-corrected chi connectivity index (χ0v) is 14.6. The number of aromatic nitrogens is 1. The van der Waals surface area contributed by atoms with Crippen molar-refractivity contribution in [1.29, 1.82) is 0 Å². The number of amides is 1. The van der Waals surface area contributed by atoms with Gasteiger partial charge in [-0.2, -0.15) is 0 Å². The first kappa shape index (κ1) is 18.0. The lowest BCUT2D eigenvalue weighted by atomic mass is 10.1. The van der Waals surface area contributed by atoms with Gasteiger partial charge in [0.15, 0.2) is 0 Å². The van der Waals surface area contributed by atoms with E-state index in [2.05, 4.69) is 39.6 Å². The Hall–Kier alpha value is -1.09. The molecule has 0 saturated heterocycles. The van der Waals surface area contributed by atoms with Crippen LogP contribution < -0.4 is 0 Å². The molecule has 1 aromatic heterocycles. The van der Waals surface area contributed by atoms with Crippen LogP contribution in [0, 0.1) is 0 Å². The summed E-state index contributed by atoms with van der Waals surface area (Å²) in [6, 6.07) is 3.79. The zero-order valence-electron chi connectivity index (χ0n) is 13.8. The molecule has 1 aromatic rings. The van der Waals surface area contributed by atoms with Gasteiger partial charge in [0.05, 0.1) is 0 Å². The molecule has 0 spiro atoms. The van der Waals surface area contributed by atoms with Crippen LogP contribution in [0.4, 0.5) is 0 Å². The molecular weight excluding hydrogens is 284 g/mol.